The molecule has 0 amide bonds. The van der Waals surface area contributed by atoms with Crippen molar-refractivity contribution in [1.82, 2.24) is 0 Å². The molecule has 4 aliphatic carbocycles. The molecule has 0 heterocycles. The van der Waals surface area contributed by atoms with Crippen molar-refractivity contribution in [2.24, 2.45) is 46.3 Å². The lowest BCUT2D eigenvalue weighted by Crippen LogP contribution is -2.53. The second-order valence-corrected chi connectivity index (χ2v) is 11.2. The highest BCUT2D eigenvalue weighted by molar-refractivity contribution is 5.79. The molecule has 158 valence electrons. The van der Waals surface area contributed by atoms with Gasteiger partial charge in [0.25, 0.3) is 0 Å². The van der Waals surface area contributed by atoms with Crippen molar-refractivity contribution in [3.8, 4) is 0 Å². The molecule has 8 atom stereocenters. The molecule has 4 saturated carbocycles. The van der Waals surface area contributed by atoms with E-state index in [2.05, 4.69) is 20.8 Å². The van der Waals surface area contributed by atoms with Crippen LogP contribution in [0.5, 0.6) is 0 Å². The standard InChI is InChI=1S/C25H40O3/c1-16(5-10-23(27)28-4)20-8-9-21-19-7-6-17-15-18(26)11-13-24(17,2)22(19)12-14-25(20,21)3/h16-17,19-22H,5-15H2,1-4H3/t16-,17-,19+,20-,21+,22+,24+,25-/m1/s1. The van der Waals surface area contributed by atoms with Crippen LogP contribution in [0.4, 0.5) is 0 Å². The summed E-state index contributed by atoms with van der Waals surface area (Å²) in [6.45, 7) is 7.49. The molecule has 0 saturated heterocycles. The largest absolute Gasteiger partial charge is 0.469 e. The minimum absolute atomic E-state index is 0.0617. The fourth-order valence-electron chi connectivity index (χ4n) is 8.67. The van der Waals surface area contributed by atoms with E-state index in [0.717, 1.165) is 49.4 Å². The van der Waals surface area contributed by atoms with Crippen molar-refractivity contribution in [2.45, 2.75) is 91.4 Å². The van der Waals surface area contributed by atoms with Gasteiger partial charge in [0.1, 0.15) is 5.78 Å². The molecule has 0 aromatic rings. The van der Waals surface area contributed by atoms with Gasteiger partial charge < -0.3 is 4.74 Å². The van der Waals surface area contributed by atoms with E-state index in [9.17, 15) is 9.59 Å². The maximum Gasteiger partial charge on any atom is 0.305 e. The lowest BCUT2D eigenvalue weighted by Gasteiger charge is -2.60. The minimum atomic E-state index is -0.0617. The van der Waals surface area contributed by atoms with Crippen molar-refractivity contribution in [3.05, 3.63) is 0 Å². The number of carbonyl (C=O) groups is 2. The van der Waals surface area contributed by atoms with Crippen LogP contribution in [0, 0.1) is 46.3 Å². The molecule has 0 N–H and O–H groups in total. The molecule has 0 radical (unpaired) electrons. The average Bonchev–Trinajstić information content (AvgIpc) is 3.03. The average molecular weight is 389 g/mol. The normalized spacial score (nSPS) is 46.3. The highest BCUT2D eigenvalue weighted by atomic mass is 16.5. The second kappa shape index (κ2) is 7.43. The lowest BCUT2D eigenvalue weighted by atomic mass is 9.44. The van der Waals surface area contributed by atoms with Gasteiger partial charge in [-0.15, -0.1) is 0 Å². The first-order valence-electron chi connectivity index (χ1n) is 11.9. The third-order valence-electron chi connectivity index (χ3n) is 10.3. The van der Waals surface area contributed by atoms with Crippen LogP contribution in [0.25, 0.3) is 0 Å². The lowest BCUT2D eigenvalue weighted by molar-refractivity contribution is -0.141. The zero-order valence-electron chi connectivity index (χ0n) is 18.5. The Bertz CT molecular complexity index is 627. The molecule has 0 aromatic heterocycles. The van der Waals surface area contributed by atoms with Gasteiger partial charge in [-0.2, -0.15) is 0 Å². The van der Waals surface area contributed by atoms with Crippen molar-refractivity contribution in [2.75, 3.05) is 7.11 Å². The van der Waals surface area contributed by atoms with Gasteiger partial charge >= 0.3 is 5.97 Å². The number of Topliss-reactive ketones (excluding diaryl/α,β-unsaturated/α-hetero) is 1. The van der Waals surface area contributed by atoms with Gasteiger partial charge in [0.15, 0.2) is 0 Å². The maximum absolute atomic E-state index is 12.1. The zero-order valence-corrected chi connectivity index (χ0v) is 18.5. The number of ketones is 1. The Morgan fingerprint density at radius 2 is 1.82 bits per heavy atom. The summed E-state index contributed by atoms with van der Waals surface area (Å²) in [4.78, 5) is 23.7. The van der Waals surface area contributed by atoms with Crippen molar-refractivity contribution >= 4 is 11.8 Å². The molecule has 4 fully saturated rings. The molecular formula is C25H40O3. The topological polar surface area (TPSA) is 43.4 Å². The summed E-state index contributed by atoms with van der Waals surface area (Å²) in [6.07, 6.45) is 12.4. The molecule has 0 aromatic carbocycles. The highest BCUT2D eigenvalue weighted by Gasteiger charge is 2.60. The first-order valence-corrected chi connectivity index (χ1v) is 11.9. The summed E-state index contributed by atoms with van der Waals surface area (Å²) >= 11 is 0. The molecule has 0 spiro atoms. The van der Waals surface area contributed by atoms with Gasteiger partial charge in [-0.3, -0.25) is 9.59 Å². The fourth-order valence-corrected chi connectivity index (χ4v) is 8.67. The predicted molar refractivity (Wildman–Crippen MR) is 111 cm³/mol. The van der Waals surface area contributed by atoms with Crippen molar-refractivity contribution < 1.29 is 14.3 Å². The Morgan fingerprint density at radius 1 is 1.07 bits per heavy atom. The van der Waals surface area contributed by atoms with Crippen LogP contribution in [0.1, 0.15) is 91.4 Å². The third kappa shape index (κ3) is 3.16. The van der Waals surface area contributed by atoms with E-state index in [4.69, 9.17) is 4.74 Å². The molecule has 0 aliphatic heterocycles. The third-order valence-corrected chi connectivity index (χ3v) is 10.3. The number of hydrogen-bond donors (Lipinski definition) is 0. The number of fused-ring (bicyclic) bond motifs is 5. The Balaban J connectivity index is 1.49. The second-order valence-electron chi connectivity index (χ2n) is 11.2. The molecule has 0 unspecified atom stereocenters. The number of carbonyl (C=O) groups excluding carboxylic acids is 2. The Labute approximate surface area is 171 Å². The van der Waals surface area contributed by atoms with E-state index in [-0.39, 0.29) is 5.97 Å². The Kier molecular flexibility index (Phi) is 5.42. The van der Waals surface area contributed by atoms with E-state index in [1.807, 2.05) is 0 Å². The Morgan fingerprint density at radius 3 is 2.57 bits per heavy atom. The number of rotatable bonds is 4. The van der Waals surface area contributed by atoms with Crippen LogP contribution in [0.2, 0.25) is 0 Å². The van der Waals surface area contributed by atoms with Crippen LogP contribution >= 0.6 is 0 Å². The Hall–Kier alpha value is -0.860. The quantitative estimate of drug-likeness (QED) is 0.571. The molecule has 3 nitrogen and oxygen atoms in total. The highest BCUT2D eigenvalue weighted by Crippen LogP contribution is 2.68. The molecule has 3 heteroatoms. The summed E-state index contributed by atoms with van der Waals surface area (Å²) < 4.78 is 4.87. The predicted octanol–water partition coefficient (Wildman–Crippen LogP) is 5.80. The van der Waals surface area contributed by atoms with Gasteiger partial charge in [-0.25, -0.2) is 0 Å². The maximum atomic E-state index is 12.1. The SMILES string of the molecule is COC(=O)CC[C@@H](C)[C@H]1CC[C@H]2[C@@H]3CC[C@@H]4CC(=O)CC[C@]4(C)[C@H]3CC[C@]12C. The number of hydrogen-bond acceptors (Lipinski definition) is 3. The van der Waals surface area contributed by atoms with E-state index < -0.39 is 0 Å². The zero-order chi connectivity index (χ0) is 20.1. The molecular weight excluding hydrogens is 348 g/mol. The van der Waals surface area contributed by atoms with Crippen molar-refractivity contribution in [3.63, 3.8) is 0 Å². The molecule has 4 aliphatic rings. The first kappa shape index (κ1) is 20.4. The first-order chi connectivity index (χ1) is 13.3. The summed E-state index contributed by atoms with van der Waals surface area (Å²) in [5, 5.41) is 0. The van der Waals surface area contributed by atoms with Crippen LogP contribution < -0.4 is 0 Å². The number of esters is 1. The van der Waals surface area contributed by atoms with E-state index in [1.165, 1.54) is 45.6 Å². The summed E-state index contributed by atoms with van der Waals surface area (Å²) in [6, 6.07) is 0. The van der Waals surface area contributed by atoms with E-state index in [1.54, 1.807) is 0 Å². The summed E-state index contributed by atoms with van der Waals surface area (Å²) in [5.41, 5.74) is 0.858. The summed E-state index contributed by atoms with van der Waals surface area (Å²) in [5.74, 6) is 5.01. The van der Waals surface area contributed by atoms with Crippen LogP contribution in [-0.2, 0) is 14.3 Å². The van der Waals surface area contributed by atoms with Gasteiger partial charge in [-0.05, 0) is 97.7 Å². The van der Waals surface area contributed by atoms with E-state index in [0.29, 0.717) is 34.9 Å². The smallest absolute Gasteiger partial charge is 0.305 e. The molecule has 0 bridgehead atoms. The van der Waals surface area contributed by atoms with Crippen LogP contribution in [0.3, 0.4) is 0 Å². The number of methoxy groups -OCH3 is 1. The van der Waals surface area contributed by atoms with E-state index >= 15 is 0 Å². The van der Waals surface area contributed by atoms with Gasteiger partial charge in [0, 0.05) is 19.3 Å². The van der Waals surface area contributed by atoms with Crippen LogP contribution in [-0.4, -0.2) is 18.9 Å². The van der Waals surface area contributed by atoms with Gasteiger partial charge in [0.05, 0.1) is 7.11 Å². The monoisotopic (exact) mass is 388 g/mol. The van der Waals surface area contributed by atoms with Crippen molar-refractivity contribution in [1.29, 1.82) is 0 Å². The summed E-state index contributed by atoms with van der Waals surface area (Å²) in [7, 11) is 1.50. The fraction of sp³-hybridized carbons (Fsp3) is 0.920. The minimum Gasteiger partial charge on any atom is -0.469 e. The number of ether oxygens (including phenoxy) is 1. The van der Waals surface area contributed by atoms with Gasteiger partial charge in [0.2, 0.25) is 0 Å². The molecule has 28 heavy (non-hydrogen) atoms. The molecule has 4 rings (SSSR count). The van der Waals surface area contributed by atoms with Crippen LogP contribution in [0.15, 0.2) is 0 Å². The van der Waals surface area contributed by atoms with Gasteiger partial charge in [-0.1, -0.05) is 20.8 Å².